The highest BCUT2D eigenvalue weighted by molar-refractivity contribution is 6.31. The first-order chi connectivity index (χ1) is 30.8. The van der Waals surface area contributed by atoms with Crippen molar-refractivity contribution in [2.24, 2.45) is 0 Å². The van der Waals surface area contributed by atoms with Crippen molar-refractivity contribution in [3.05, 3.63) is 128 Å². The highest BCUT2D eigenvalue weighted by Crippen LogP contribution is 2.63. The molecule has 4 heterocycles. The minimum absolute atomic E-state index is 0.0451. The highest BCUT2D eigenvalue weighted by Gasteiger charge is 2.72. The monoisotopic (exact) mass is 906 g/mol. The third-order valence-corrected chi connectivity index (χ3v) is 14.2. The predicted octanol–water partition coefficient (Wildman–Crippen LogP) is 6.96. The summed E-state index contributed by atoms with van der Waals surface area (Å²) in [5.74, 6) is -4.96. The van der Waals surface area contributed by atoms with E-state index in [1.807, 2.05) is 0 Å². The van der Waals surface area contributed by atoms with Crippen molar-refractivity contribution in [3.8, 4) is 0 Å². The van der Waals surface area contributed by atoms with Crippen molar-refractivity contribution < 1.29 is 38.0 Å². The predicted molar refractivity (Wildman–Crippen MR) is 237 cm³/mol. The standard InChI is InChI=1S/C48H45Cl2FN6O7/c49-28-16-19-32-34(25-28)54-46(64)48(32)38(31-12-8-13-33(50)39(31)51)40(56-47(48)22-4-2-5-23-47)43(61)53-29-17-14-27(15-18-29)41(59)52-24-6-1-3-9-26-10-7-11-30-37(26)45(63)57(44(30)62)35-20-21-36(58)55-42(35)60/h7-8,10-19,25,35,38,40,56H,1-6,9,20-24H2,(H,52,59)(H,53,61)(H,54,64)(H,55,58,60). The molecule has 64 heavy (non-hydrogen) atoms. The highest BCUT2D eigenvalue weighted by atomic mass is 35.5. The Morgan fingerprint density at radius 3 is 2.38 bits per heavy atom. The van der Waals surface area contributed by atoms with E-state index >= 15 is 4.39 Å². The van der Waals surface area contributed by atoms with E-state index in [-0.39, 0.29) is 46.4 Å². The number of piperidine rings is 1. The van der Waals surface area contributed by atoms with Gasteiger partial charge in [-0.3, -0.25) is 49.1 Å². The Morgan fingerprint density at radius 2 is 1.61 bits per heavy atom. The summed E-state index contributed by atoms with van der Waals surface area (Å²) in [7, 11) is 0. The minimum Gasteiger partial charge on any atom is -0.352 e. The summed E-state index contributed by atoms with van der Waals surface area (Å²) in [4.78, 5) is 94.0. The maximum atomic E-state index is 16.2. The SMILES string of the molecule is O=C1CCC(N2C(=O)c3cccc(CCCCCNC(=O)c4ccc(NC(=O)C5NC6(CCCCC6)C6(C(=O)Nc7cc(Cl)ccc76)C5c5cccc(Cl)c5F)cc4)c3C2=O)C(=O)N1. The topological polar surface area (TPSA) is 183 Å². The number of imide groups is 2. The molecule has 1 saturated carbocycles. The van der Waals surface area contributed by atoms with Gasteiger partial charge in [-0.15, -0.1) is 0 Å². The van der Waals surface area contributed by atoms with Gasteiger partial charge in [0, 0.05) is 46.4 Å². The number of carbonyl (C=O) groups excluding carboxylic acids is 7. The Morgan fingerprint density at radius 1 is 0.844 bits per heavy atom. The average molecular weight is 908 g/mol. The third kappa shape index (κ3) is 7.25. The maximum absolute atomic E-state index is 16.2. The van der Waals surface area contributed by atoms with E-state index in [0.29, 0.717) is 78.2 Å². The molecule has 4 aliphatic heterocycles. The number of anilines is 2. The van der Waals surface area contributed by atoms with E-state index in [1.54, 1.807) is 72.8 Å². The van der Waals surface area contributed by atoms with Crippen LogP contribution in [-0.4, -0.2) is 70.4 Å². The number of rotatable bonds is 11. The number of fused-ring (bicyclic) bond motifs is 4. The van der Waals surface area contributed by atoms with Crippen LogP contribution in [0.3, 0.4) is 0 Å². The van der Waals surface area contributed by atoms with Gasteiger partial charge in [0.15, 0.2) is 0 Å². The lowest BCUT2D eigenvalue weighted by atomic mass is 9.55. The van der Waals surface area contributed by atoms with E-state index in [1.165, 1.54) is 6.07 Å². The smallest absolute Gasteiger partial charge is 0.262 e. The van der Waals surface area contributed by atoms with Crippen molar-refractivity contribution in [2.45, 2.75) is 99.6 Å². The summed E-state index contributed by atoms with van der Waals surface area (Å²) in [6.45, 7) is 0.381. The Bertz CT molecular complexity index is 2630. The second-order valence-electron chi connectivity index (χ2n) is 17.3. The van der Waals surface area contributed by atoms with Crippen LogP contribution < -0.4 is 26.6 Å². The van der Waals surface area contributed by atoms with E-state index in [2.05, 4.69) is 26.6 Å². The second-order valence-corrected chi connectivity index (χ2v) is 18.1. The van der Waals surface area contributed by atoms with E-state index in [0.717, 1.165) is 24.2 Å². The quantitative estimate of drug-likeness (QED) is 0.0791. The molecule has 16 heteroatoms. The van der Waals surface area contributed by atoms with Gasteiger partial charge in [0.1, 0.15) is 17.3 Å². The lowest BCUT2D eigenvalue weighted by Gasteiger charge is -2.47. The zero-order valence-corrected chi connectivity index (χ0v) is 36.2. The summed E-state index contributed by atoms with van der Waals surface area (Å²) in [6.07, 6.45) is 6.42. The molecule has 4 atom stereocenters. The molecular weight excluding hydrogens is 862 g/mol. The summed E-state index contributed by atoms with van der Waals surface area (Å²) in [6, 6.07) is 19.3. The van der Waals surface area contributed by atoms with Crippen LogP contribution in [0.25, 0.3) is 0 Å². The molecule has 5 N–H and O–H groups in total. The minimum atomic E-state index is -1.37. The molecular formula is C48H45Cl2FN6O7. The summed E-state index contributed by atoms with van der Waals surface area (Å²) >= 11 is 12.8. The van der Waals surface area contributed by atoms with Crippen molar-refractivity contribution in [3.63, 3.8) is 0 Å². The number of nitrogens with one attached hydrogen (secondary N) is 5. The van der Waals surface area contributed by atoms with Gasteiger partial charge in [-0.25, -0.2) is 4.39 Å². The molecule has 0 bridgehead atoms. The molecule has 1 aliphatic carbocycles. The van der Waals surface area contributed by atoms with Crippen molar-refractivity contribution >= 4 is 75.9 Å². The first kappa shape index (κ1) is 43.3. The molecule has 9 rings (SSSR count). The Balaban J connectivity index is 0.841. The molecule has 4 aromatic rings. The molecule has 4 unspecified atom stereocenters. The van der Waals surface area contributed by atoms with Gasteiger partial charge in [-0.1, -0.05) is 79.2 Å². The van der Waals surface area contributed by atoms with E-state index < -0.39 is 64.3 Å². The van der Waals surface area contributed by atoms with Crippen LogP contribution >= 0.6 is 23.2 Å². The molecule has 13 nitrogen and oxygen atoms in total. The number of unbranched alkanes of at least 4 members (excludes halogenated alkanes) is 2. The van der Waals surface area contributed by atoms with Gasteiger partial charge < -0.3 is 16.0 Å². The fraction of sp³-hybridized carbons (Fsp3) is 0.354. The first-order valence-corrected chi connectivity index (χ1v) is 22.5. The maximum Gasteiger partial charge on any atom is 0.262 e. The molecule has 4 aromatic carbocycles. The Labute approximate surface area is 378 Å². The van der Waals surface area contributed by atoms with Gasteiger partial charge in [-0.2, -0.15) is 0 Å². The molecule has 3 fully saturated rings. The van der Waals surface area contributed by atoms with Gasteiger partial charge in [-0.05, 0) is 104 Å². The lowest BCUT2D eigenvalue weighted by Crippen LogP contribution is -2.60. The third-order valence-electron chi connectivity index (χ3n) is 13.7. The Kier molecular flexibility index (Phi) is 11.6. The van der Waals surface area contributed by atoms with Gasteiger partial charge in [0.2, 0.25) is 23.6 Å². The van der Waals surface area contributed by atoms with Crippen LogP contribution in [0.4, 0.5) is 15.8 Å². The average Bonchev–Trinajstić information content (AvgIpc) is 3.84. The summed E-state index contributed by atoms with van der Waals surface area (Å²) < 4.78 is 16.2. The number of hydrogen-bond acceptors (Lipinski definition) is 8. The van der Waals surface area contributed by atoms with Crippen molar-refractivity contribution in [1.82, 2.24) is 20.9 Å². The number of nitrogens with zero attached hydrogens (tertiary/aromatic N) is 1. The summed E-state index contributed by atoms with van der Waals surface area (Å²) in [5, 5.41) is 15.1. The van der Waals surface area contributed by atoms with Crippen LogP contribution in [0, 0.1) is 5.82 Å². The number of halogens is 3. The fourth-order valence-corrected chi connectivity index (χ4v) is 11.2. The number of carbonyl (C=O) groups is 7. The zero-order valence-electron chi connectivity index (χ0n) is 34.7. The molecule has 2 spiro atoms. The van der Waals surface area contributed by atoms with Crippen molar-refractivity contribution in [2.75, 3.05) is 17.2 Å². The second kappa shape index (κ2) is 17.2. The molecule has 330 valence electrons. The molecule has 5 aliphatic rings. The zero-order chi connectivity index (χ0) is 44.9. The van der Waals surface area contributed by atoms with Gasteiger partial charge in [0.05, 0.1) is 22.2 Å². The normalized spacial score (nSPS) is 23.3. The number of aryl methyl sites for hydroxylation is 1. The number of hydrogen-bond donors (Lipinski definition) is 5. The molecule has 0 radical (unpaired) electrons. The van der Waals surface area contributed by atoms with Gasteiger partial charge >= 0.3 is 0 Å². The van der Waals surface area contributed by atoms with Crippen LogP contribution in [-0.2, 0) is 31.0 Å². The molecule has 0 aromatic heterocycles. The molecule has 2 saturated heterocycles. The Hall–Kier alpha value is -5.96. The summed E-state index contributed by atoms with van der Waals surface area (Å²) in [5.41, 5.74) is 1.08. The van der Waals surface area contributed by atoms with Gasteiger partial charge in [0.25, 0.3) is 17.7 Å². The van der Waals surface area contributed by atoms with Crippen LogP contribution in [0.1, 0.15) is 118 Å². The van der Waals surface area contributed by atoms with E-state index in [4.69, 9.17) is 23.2 Å². The van der Waals surface area contributed by atoms with Crippen LogP contribution in [0.15, 0.2) is 78.9 Å². The first-order valence-electron chi connectivity index (χ1n) is 21.7. The number of amides is 7. The fourth-order valence-electron chi connectivity index (χ4n) is 10.9. The van der Waals surface area contributed by atoms with Crippen LogP contribution in [0.5, 0.6) is 0 Å². The lowest BCUT2D eigenvalue weighted by molar-refractivity contribution is -0.136. The number of benzene rings is 4. The largest absolute Gasteiger partial charge is 0.352 e. The van der Waals surface area contributed by atoms with Crippen LogP contribution in [0.2, 0.25) is 10.0 Å². The van der Waals surface area contributed by atoms with Crippen molar-refractivity contribution in [1.29, 1.82) is 0 Å². The molecule has 7 amide bonds. The van der Waals surface area contributed by atoms with E-state index in [9.17, 15) is 33.6 Å².